The summed E-state index contributed by atoms with van der Waals surface area (Å²) in [6, 6.07) is 2.15. The lowest BCUT2D eigenvalue weighted by Crippen LogP contribution is -2.66. The number of nitriles is 1. The first kappa shape index (κ1) is 28.3. The van der Waals surface area contributed by atoms with Crippen molar-refractivity contribution in [1.82, 2.24) is 0 Å². The number of ether oxygens (including phenoxy) is 1. The molecule has 1 N–H and O–H groups in total. The van der Waals surface area contributed by atoms with Gasteiger partial charge in [0, 0.05) is 23.4 Å². The molecule has 0 spiro atoms. The van der Waals surface area contributed by atoms with Crippen molar-refractivity contribution >= 4 is 17.5 Å². The second kappa shape index (κ2) is 8.62. The van der Waals surface area contributed by atoms with Gasteiger partial charge in [0.1, 0.15) is 6.07 Å². The Morgan fingerprint density at radius 3 is 2.36 bits per heavy atom. The fraction of sp³-hybridized carbons (Fsp3) is 0.758. The molecule has 0 heterocycles. The van der Waals surface area contributed by atoms with Gasteiger partial charge in [-0.05, 0) is 85.5 Å². The molecule has 5 rings (SSSR count). The highest BCUT2D eigenvalue weighted by atomic mass is 16.5. The number of nitrogens with zero attached hydrogens (tertiary/aromatic N) is 1. The lowest BCUT2D eigenvalue weighted by molar-refractivity contribution is -0.191. The molecule has 6 heteroatoms. The standard InChI is InChI=1S/C33H45NO5/c1-28(2)10-12-33(27(38)39-7)13-11-32(6)25(21(33)18-28)22(36)16-24-30(4)17-20(19-34)26(37)29(3,14-15-35)23(30)8-9-31(24,32)5/h16-17,21,23,25,35H,8-15,18H2,1-7H3/t21-,23-,25-,29-,30-,31+,32+,33-/m0/s1. The van der Waals surface area contributed by atoms with Gasteiger partial charge in [-0.15, -0.1) is 0 Å². The van der Waals surface area contributed by atoms with Crippen molar-refractivity contribution < 1.29 is 24.2 Å². The number of aliphatic hydroxyl groups excluding tert-OH is 1. The molecule has 6 nitrogen and oxygen atoms in total. The average molecular weight is 536 g/mol. The fourth-order valence-corrected chi connectivity index (χ4v) is 10.5. The van der Waals surface area contributed by atoms with Crippen LogP contribution in [-0.4, -0.2) is 36.4 Å². The first-order valence-corrected chi connectivity index (χ1v) is 14.7. The zero-order valence-corrected chi connectivity index (χ0v) is 24.8. The van der Waals surface area contributed by atoms with Crippen LogP contribution < -0.4 is 0 Å². The molecule has 0 amide bonds. The number of esters is 1. The topological polar surface area (TPSA) is 104 Å². The quantitative estimate of drug-likeness (QED) is 0.462. The Balaban J connectivity index is 1.70. The largest absolute Gasteiger partial charge is 0.469 e. The highest BCUT2D eigenvalue weighted by Gasteiger charge is 2.71. The van der Waals surface area contributed by atoms with Gasteiger partial charge in [-0.25, -0.2) is 0 Å². The monoisotopic (exact) mass is 535 g/mol. The van der Waals surface area contributed by atoms with E-state index >= 15 is 0 Å². The molecular weight excluding hydrogens is 490 g/mol. The molecule has 212 valence electrons. The van der Waals surface area contributed by atoms with E-state index in [1.165, 1.54) is 7.11 Å². The number of hydrogen-bond acceptors (Lipinski definition) is 6. The van der Waals surface area contributed by atoms with Gasteiger partial charge in [-0.3, -0.25) is 14.4 Å². The minimum Gasteiger partial charge on any atom is -0.469 e. The van der Waals surface area contributed by atoms with E-state index in [0.29, 0.717) is 12.8 Å². The maximum Gasteiger partial charge on any atom is 0.312 e. The number of rotatable bonds is 3. The molecule has 5 aliphatic carbocycles. The normalized spacial score (nSPS) is 46.4. The van der Waals surface area contributed by atoms with Crippen molar-refractivity contribution in [3.05, 3.63) is 23.3 Å². The van der Waals surface area contributed by atoms with Gasteiger partial charge in [0.2, 0.25) is 0 Å². The molecular formula is C33H45NO5. The molecule has 0 unspecified atom stereocenters. The van der Waals surface area contributed by atoms with Crippen molar-refractivity contribution in [1.29, 1.82) is 5.26 Å². The SMILES string of the molecule is COC(=O)[C@]12CCC(C)(C)C[C@H]1[C@H]1C(=O)C=C3[C@@]4(C)C=C(C#N)C(=O)[C@@](C)(CCO)[C@@H]4CC[C@@]3(C)[C@]1(C)CC2. The molecule has 0 aromatic carbocycles. The van der Waals surface area contributed by atoms with Crippen LogP contribution in [0, 0.1) is 61.6 Å². The number of allylic oxidation sites excluding steroid dienone is 4. The summed E-state index contributed by atoms with van der Waals surface area (Å²) in [5.74, 6) is -0.761. The Bertz CT molecular complexity index is 1240. The number of aliphatic hydroxyl groups is 1. The number of hydrogen-bond donors (Lipinski definition) is 1. The molecule has 0 saturated heterocycles. The van der Waals surface area contributed by atoms with Crippen LogP contribution in [0.15, 0.2) is 23.3 Å². The van der Waals surface area contributed by atoms with E-state index < -0.39 is 16.2 Å². The van der Waals surface area contributed by atoms with Crippen LogP contribution in [-0.2, 0) is 19.1 Å². The third-order valence-electron chi connectivity index (χ3n) is 12.9. The first-order chi connectivity index (χ1) is 18.1. The summed E-state index contributed by atoms with van der Waals surface area (Å²) in [5.41, 5.74) is -1.65. The summed E-state index contributed by atoms with van der Waals surface area (Å²) in [4.78, 5) is 41.3. The highest BCUT2D eigenvalue weighted by Crippen LogP contribution is 2.74. The van der Waals surface area contributed by atoms with E-state index in [9.17, 15) is 24.8 Å². The molecule has 8 atom stereocenters. The Kier molecular flexibility index (Phi) is 6.25. The van der Waals surface area contributed by atoms with E-state index in [0.717, 1.165) is 44.1 Å². The van der Waals surface area contributed by atoms with Crippen molar-refractivity contribution in [3.8, 4) is 6.07 Å². The molecule has 0 aromatic rings. The van der Waals surface area contributed by atoms with Gasteiger partial charge in [0.25, 0.3) is 0 Å². The van der Waals surface area contributed by atoms with Gasteiger partial charge < -0.3 is 9.84 Å². The molecule has 0 bridgehead atoms. The second-order valence-corrected chi connectivity index (χ2v) is 15.1. The van der Waals surface area contributed by atoms with Gasteiger partial charge in [-0.2, -0.15) is 5.26 Å². The van der Waals surface area contributed by atoms with Gasteiger partial charge >= 0.3 is 5.97 Å². The Morgan fingerprint density at radius 2 is 1.74 bits per heavy atom. The summed E-state index contributed by atoms with van der Waals surface area (Å²) in [6.45, 7) is 12.9. The van der Waals surface area contributed by atoms with Crippen LogP contribution in [0.5, 0.6) is 0 Å². The summed E-state index contributed by atoms with van der Waals surface area (Å²) < 4.78 is 5.41. The zero-order chi connectivity index (χ0) is 28.8. The Morgan fingerprint density at radius 1 is 1.08 bits per heavy atom. The van der Waals surface area contributed by atoms with Crippen LogP contribution >= 0.6 is 0 Å². The lowest BCUT2D eigenvalue weighted by Gasteiger charge is -2.69. The van der Waals surface area contributed by atoms with Crippen LogP contribution in [0.1, 0.15) is 92.9 Å². The minimum atomic E-state index is -0.869. The van der Waals surface area contributed by atoms with Crippen molar-refractivity contribution in [2.45, 2.75) is 92.9 Å². The zero-order valence-electron chi connectivity index (χ0n) is 24.8. The summed E-state index contributed by atoms with van der Waals surface area (Å²) in [7, 11) is 1.47. The van der Waals surface area contributed by atoms with Crippen molar-refractivity contribution in [2.75, 3.05) is 13.7 Å². The summed E-state index contributed by atoms with van der Waals surface area (Å²) in [6.07, 6.45) is 9.56. The number of ketones is 2. The molecule has 3 fully saturated rings. The Labute approximate surface area is 233 Å². The van der Waals surface area contributed by atoms with Gasteiger partial charge in [0.15, 0.2) is 11.6 Å². The smallest absolute Gasteiger partial charge is 0.312 e. The summed E-state index contributed by atoms with van der Waals surface area (Å²) >= 11 is 0. The van der Waals surface area contributed by atoms with E-state index in [-0.39, 0.29) is 63.7 Å². The van der Waals surface area contributed by atoms with Gasteiger partial charge in [0.05, 0.1) is 18.1 Å². The number of carbonyl (C=O) groups excluding carboxylic acids is 3. The van der Waals surface area contributed by atoms with Crippen LogP contribution in [0.4, 0.5) is 0 Å². The first-order valence-electron chi connectivity index (χ1n) is 14.7. The van der Waals surface area contributed by atoms with Crippen LogP contribution in [0.3, 0.4) is 0 Å². The van der Waals surface area contributed by atoms with Gasteiger partial charge in [-0.1, -0.05) is 53.2 Å². The lowest BCUT2D eigenvalue weighted by atomic mass is 9.34. The van der Waals surface area contributed by atoms with E-state index in [1.54, 1.807) is 0 Å². The van der Waals surface area contributed by atoms with E-state index in [4.69, 9.17) is 4.74 Å². The number of carbonyl (C=O) groups is 3. The summed E-state index contributed by atoms with van der Waals surface area (Å²) in [5, 5.41) is 19.9. The second-order valence-electron chi connectivity index (χ2n) is 15.1. The molecule has 0 aliphatic heterocycles. The average Bonchev–Trinajstić information content (AvgIpc) is 2.87. The van der Waals surface area contributed by atoms with Crippen LogP contribution in [0.2, 0.25) is 0 Å². The third kappa shape index (κ3) is 3.44. The number of fused-ring (bicyclic) bond motifs is 7. The van der Waals surface area contributed by atoms with Crippen LogP contribution in [0.25, 0.3) is 0 Å². The number of Topliss-reactive ketones (excluding diaryl/α,β-unsaturated/α-hetero) is 1. The maximum atomic E-state index is 14.4. The fourth-order valence-electron chi connectivity index (χ4n) is 10.5. The van der Waals surface area contributed by atoms with E-state index in [2.05, 4.69) is 40.7 Å². The van der Waals surface area contributed by atoms with E-state index in [1.807, 2.05) is 19.1 Å². The molecule has 0 radical (unpaired) electrons. The third-order valence-corrected chi connectivity index (χ3v) is 12.9. The minimum absolute atomic E-state index is 0.0372. The molecule has 39 heavy (non-hydrogen) atoms. The predicted molar refractivity (Wildman–Crippen MR) is 147 cm³/mol. The maximum absolute atomic E-state index is 14.4. The Hall–Kier alpha value is -2.26. The molecule has 5 aliphatic rings. The van der Waals surface area contributed by atoms with Crippen molar-refractivity contribution in [2.24, 2.45) is 50.2 Å². The predicted octanol–water partition coefficient (Wildman–Crippen LogP) is 5.74. The highest BCUT2D eigenvalue weighted by molar-refractivity contribution is 6.05. The molecule has 0 aromatic heterocycles. The number of methoxy groups -OCH3 is 1. The molecule has 3 saturated carbocycles. The van der Waals surface area contributed by atoms with Crippen molar-refractivity contribution in [3.63, 3.8) is 0 Å².